The van der Waals surface area contributed by atoms with E-state index in [0.29, 0.717) is 0 Å². The zero-order valence-corrected chi connectivity index (χ0v) is 42.6. The molecule has 0 unspecified atom stereocenters. The third kappa shape index (κ3) is 6.18. The van der Waals surface area contributed by atoms with Gasteiger partial charge in [0.15, 0.2) is 0 Å². The molecule has 74 heavy (non-hydrogen) atoms. The monoisotopic (exact) mass is 949 g/mol. The summed E-state index contributed by atoms with van der Waals surface area (Å²) in [5.41, 5.74) is 20.4. The van der Waals surface area contributed by atoms with Crippen molar-refractivity contribution in [1.82, 2.24) is 0 Å². The van der Waals surface area contributed by atoms with Crippen LogP contribution in [0, 0.1) is 0 Å². The van der Waals surface area contributed by atoms with Gasteiger partial charge in [-0.2, -0.15) is 0 Å². The van der Waals surface area contributed by atoms with Crippen LogP contribution in [0.3, 0.4) is 0 Å². The first-order chi connectivity index (χ1) is 36.0. The Morgan fingerprint density at radius 1 is 0.297 bits per heavy atom. The van der Waals surface area contributed by atoms with E-state index in [0.717, 1.165) is 34.2 Å². The van der Waals surface area contributed by atoms with Gasteiger partial charge in [0, 0.05) is 51.2 Å². The quantitative estimate of drug-likeness (QED) is 0.130. The van der Waals surface area contributed by atoms with Crippen molar-refractivity contribution in [3.8, 4) is 11.5 Å². The molecule has 4 heterocycles. The predicted molar refractivity (Wildman–Crippen MR) is 316 cm³/mol. The van der Waals surface area contributed by atoms with Crippen molar-refractivity contribution in [2.75, 3.05) is 14.7 Å². The molecule has 0 radical (unpaired) electrons. The van der Waals surface area contributed by atoms with Gasteiger partial charge in [-0.05, 0) is 166 Å². The average Bonchev–Trinajstić information content (AvgIpc) is 3.56. The molecule has 0 fully saturated rings. The Labute approximate surface area is 434 Å². The summed E-state index contributed by atoms with van der Waals surface area (Å²) in [6, 6.07) is 79.9. The van der Waals surface area contributed by atoms with Crippen LogP contribution < -0.4 is 52.2 Å². The lowest BCUT2D eigenvalue weighted by atomic mass is 9.30. The molecule has 0 spiro atoms. The lowest BCUT2D eigenvalue weighted by Crippen LogP contribution is -2.64. The summed E-state index contributed by atoms with van der Waals surface area (Å²) in [6.07, 6.45) is 0. The summed E-state index contributed by atoms with van der Waals surface area (Å²) >= 11 is 0. The van der Waals surface area contributed by atoms with Gasteiger partial charge in [-0.1, -0.05) is 175 Å². The summed E-state index contributed by atoms with van der Waals surface area (Å²) in [5.74, 6) is 1.85. The number of para-hydroxylation sites is 4. The van der Waals surface area contributed by atoms with Gasteiger partial charge in [-0.15, -0.1) is 0 Å². The summed E-state index contributed by atoms with van der Waals surface area (Å²) < 4.78 is 7.05. The van der Waals surface area contributed by atoms with Crippen LogP contribution in [0.5, 0.6) is 11.5 Å². The molecule has 352 valence electrons. The number of anilines is 9. The molecule has 0 saturated carbocycles. The van der Waals surface area contributed by atoms with Crippen LogP contribution in [0.15, 0.2) is 212 Å². The largest absolute Gasteiger partial charge is 0.458 e. The number of hydrogen-bond donors (Lipinski definition) is 0. The molecule has 0 amide bonds. The molecule has 0 saturated heterocycles. The van der Waals surface area contributed by atoms with E-state index in [9.17, 15) is 0 Å². The third-order valence-corrected chi connectivity index (χ3v) is 16.5. The van der Waals surface area contributed by atoms with Crippen LogP contribution in [0.2, 0.25) is 0 Å². The van der Waals surface area contributed by atoms with E-state index in [2.05, 4.69) is 269 Å². The Morgan fingerprint density at radius 3 is 1.34 bits per heavy atom. The highest BCUT2D eigenvalue weighted by atomic mass is 16.5. The van der Waals surface area contributed by atoms with Crippen molar-refractivity contribution >= 4 is 130 Å². The molecule has 0 atom stereocenters. The normalized spacial score (nSPS) is 14.1. The fourth-order valence-corrected chi connectivity index (χ4v) is 13.0. The van der Waals surface area contributed by atoms with Gasteiger partial charge >= 0.3 is 0 Å². The van der Waals surface area contributed by atoms with Crippen molar-refractivity contribution in [2.45, 2.75) is 52.4 Å². The predicted octanol–water partition coefficient (Wildman–Crippen LogP) is 14.2. The second-order valence-corrected chi connectivity index (χ2v) is 22.9. The molecular weight excluding hydrogens is 896 g/mol. The second kappa shape index (κ2) is 15.5. The fourth-order valence-electron chi connectivity index (χ4n) is 13.0. The number of rotatable bonds is 3. The highest BCUT2D eigenvalue weighted by molar-refractivity contribution is 7.02. The maximum atomic E-state index is 7.05. The van der Waals surface area contributed by atoms with Gasteiger partial charge in [0.05, 0.1) is 0 Å². The SMILES string of the molecule is CC(C)(C)c1cc2c3c(c1)N(c1ccccc1)c1cc4c(cc1B3c1ccccc1O2)B1c2ccccc2N(c2ccccc2)c2cc(C(C)(C)C)cc(c21)N4c1ccc2c3ccccc3c3ccccc3c2c1. The van der Waals surface area contributed by atoms with Crippen LogP contribution in [0.4, 0.5) is 51.2 Å². The van der Waals surface area contributed by atoms with Gasteiger partial charge in [-0.3, -0.25) is 0 Å². The van der Waals surface area contributed by atoms with E-state index in [1.807, 2.05) is 0 Å². The molecule has 4 aliphatic rings. The molecule has 6 heteroatoms. The van der Waals surface area contributed by atoms with E-state index in [4.69, 9.17) is 4.74 Å². The van der Waals surface area contributed by atoms with Gasteiger partial charge < -0.3 is 19.4 Å². The highest BCUT2D eigenvalue weighted by Gasteiger charge is 2.48. The van der Waals surface area contributed by atoms with Crippen LogP contribution in [0.25, 0.3) is 32.3 Å². The molecule has 11 aromatic rings. The zero-order valence-electron chi connectivity index (χ0n) is 42.6. The van der Waals surface area contributed by atoms with Crippen molar-refractivity contribution in [1.29, 1.82) is 0 Å². The average molecular weight is 950 g/mol. The first-order valence-corrected chi connectivity index (χ1v) is 26.2. The van der Waals surface area contributed by atoms with Gasteiger partial charge in [-0.25, -0.2) is 0 Å². The van der Waals surface area contributed by atoms with Crippen molar-refractivity contribution in [3.05, 3.63) is 223 Å². The highest BCUT2D eigenvalue weighted by Crippen LogP contribution is 2.50. The minimum Gasteiger partial charge on any atom is -0.458 e. The first kappa shape index (κ1) is 43.1. The summed E-state index contributed by atoms with van der Waals surface area (Å²) in [4.78, 5) is 7.70. The minimum atomic E-state index is -0.159. The molecule has 4 nitrogen and oxygen atoms in total. The van der Waals surface area contributed by atoms with E-state index in [-0.39, 0.29) is 24.3 Å². The number of hydrogen-bond acceptors (Lipinski definition) is 4. The van der Waals surface area contributed by atoms with Crippen LogP contribution >= 0.6 is 0 Å². The maximum Gasteiger partial charge on any atom is 0.256 e. The first-order valence-electron chi connectivity index (χ1n) is 26.2. The lowest BCUT2D eigenvalue weighted by Gasteiger charge is -2.47. The van der Waals surface area contributed by atoms with Crippen LogP contribution in [-0.2, 0) is 10.8 Å². The Kier molecular flexibility index (Phi) is 9.05. The number of ether oxygens (including phenoxy) is 1. The fraction of sp³-hybridized carbons (Fsp3) is 0.118. The van der Waals surface area contributed by atoms with E-state index < -0.39 is 0 Å². The number of fused-ring (bicyclic) bond motifs is 14. The van der Waals surface area contributed by atoms with Gasteiger partial charge in [0.1, 0.15) is 11.5 Å². The number of nitrogens with zero attached hydrogens (tertiary/aromatic N) is 3. The van der Waals surface area contributed by atoms with Crippen molar-refractivity contribution < 1.29 is 4.74 Å². The molecule has 15 rings (SSSR count). The third-order valence-electron chi connectivity index (χ3n) is 16.5. The van der Waals surface area contributed by atoms with E-state index >= 15 is 0 Å². The zero-order chi connectivity index (χ0) is 49.8. The molecule has 0 bridgehead atoms. The summed E-state index contributed by atoms with van der Waals surface area (Å²) in [5, 5.41) is 7.58. The molecular formula is C68H53B2N3O. The summed E-state index contributed by atoms with van der Waals surface area (Å²) in [7, 11) is 0. The minimum absolute atomic E-state index is 0.0724. The molecule has 4 aliphatic heterocycles. The lowest BCUT2D eigenvalue weighted by molar-refractivity contribution is 0.483. The van der Waals surface area contributed by atoms with Gasteiger partial charge in [0.2, 0.25) is 0 Å². The summed E-state index contributed by atoms with van der Waals surface area (Å²) in [6.45, 7) is 13.8. The Hall–Kier alpha value is -8.47. The Balaban J connectivity index is 1.10. The smallest absolute Gasteiger partial charge is 0.256 e. The van der Waals surface area contributed by atoms with Gasteiger partial charge in [0.25, 0.3) is 13.4 Å². The van der Waals surface area contributed by atoms with E-state index in [1.54, 1.807) is 0 Å². The molecule has 11 aromatic carbocycles. The molecule has 0 aliphatic carbocycles. The van der Waals surface area contributed by atoms with Crippen LogP contribution in [-0.4, -0.2) is 13.4 Å². The topological polar surface area (TPSA) is 19.0 Å². The molecule has 0 N–H and O–H groups in total. The van der Waals surface area contributed by atoms with Crippen molar-refractivity contribution in [2.24, 2.45) is 0 Å². The second-order valence-electron chi connectivity index (χ2n) is 22.9. The number of benzene rings is 11. The van der Waals surface area contributed by atoms with Crippen LogP contribution in [0.1, 0.15) is 52.7 Å². The standard InChI is InChI=1S/C68H53B2N3O/c1-67(2,3)42-35-60-65-61(36-42)73(46-33-34-51-49-27-14-13-25-47(49)48-26-15-16-28-50(48)52(51)39-46)59-41-58-56(40-55(59)69(65)53-29-17-19-31-57(53)71(60)44-21-9-7-10-22-44)70-54-30-18-20-32-63(54)74-64-38-43(68(4,5)6)37-62(66(64)70)72(58)45-23-11-8-12-24-45/h7-41H,1-6H3. The Bertz CT molecular complexity index is 4140. The van der Waals surface area contributed by atoms with E-state index in [1.165, 1.54) is 105 Å². The molecule has 0 aromatic heterocycles. The van der Waals surface area contributed by atoms with Crippen molar-refractivity contribution in [3.63, 3.8) is 0 Å². The Morgan fingerprint density at radius 2 is 0.743 bits per heavy atom. The maximum absolute atomic E-state index is 7.05.